The predicted molar refractivity (Wildman–Crippen MR) is 94.3 cm³/mol. The van der Waals surface area contributed by atoms with Crippen molar-refractivity contribution in [2.24, 2.45) is 0 Å². The molecule has 0 saturated carbocycles. The second kappa shape index (κ2) is 7.75. The number of aryl methyl sites for hydroxylation is 1. The van der Waals surface area contributed by atoms with Gasteiger partial charge in [0.1, 0.15) is 5.82 Å². The van der Waals surface area contributed by atoms with Gasteiger partial charge in [-0.25, -0.2) is 9.37 Å². The van der Waals surface area contributed by atoms with Crippen LogP contribution in [0.25, 0.3) is 0 Å². The number of hydrogen-bond acceptors (Lipinski definition) is 7. The molecule has 0 aliphatic rings. The van der Waals surface area contributed by atoms with Crippen molar-refractivity contribution >= 4 is 34.7 Å². The fourth-order valence-corrected chi connectivity index (χ4v) is 3.33. The van der Waals surface area contributed by atoms with E-state index in [0.717, 1.165) is 22.5 Å². The summed E-state index contributed by atoms with van der Waals surface area (Å²) in [4.78, 5) is 16.5. The number of carbonyl (C=O) groups excluding carboxylic acids is 1. The summed E-state index contributed by atoms with van der Waals surface area (Å²) >= 11 is 2.71. The molecule has 1 amide bonds. The van der Waals surface area contributed by atoms with Gasteiger partial charge < -0.3 is 9.73 Å². The van der Waals surface area contributed by atoms with Crippen LogP contribution in [0.5, 0.6) is 0 Å². The van der Waals surface area contributed by atoms with Crippen LogP contribution in [0.2, 0.25) is 0 Å². The molecule has 0 fully saturated rings. The van der Waals surface area contributed by atoms with Crippen LogP contribution in [-0.4, -0.2) is 26.3 Å². The van der Waals surface area contributed by atoms with E-state index in [9.17, 15) is 9.18 Å². The molecule has 6 nitrogen and oxygen atoms in total. The molecule has 2 heterocycles. The van der Waals surface area contributed by atoms with E-state index in [1.54, 1.807) is 24.3 Å². The van der Waals surface area contributed by atoms with Crippen molar-refractivity contribution in [3.63, 3.8) is 0 Å². The van der Waals surface area contributed by atoms with Crippen LogP contribution >= 0.6 is 23.1 Å². The first-order valence-corrected chi connectivity index (χ1v) is 9.22. The average Bonchev–Trinajstić information content (AvgIpc) is 3.16. The van der Waals surface area contributed by atoms with Gasteiger partial charge in [-0.2, -0.15) is 0 Å². The molecule has 3 rings (SSSR count). The number of benzene rings is 1. The van der Waals surface area contributed by atoms with Crippen molar-refractivity contribution in [3.8, 4) is 0 Å². The summed E-state index contributed by atoms with van der Waals surface area (Å²) in [6.45, 7) is 3.65. The van der Waals surface area contributed by atoms with Gasteiger partial charge in [-0.15, -0.1) is 21.5 Å². The van der Waals surface area contributed by atoms with Crippen LogP contribution in [0.4, 0.5) is 10.1 Å². The minimum absolute atomic E-state index is 0.273. The zero-order valence-electron chi connectivity index (χ0n) is 13.5. The van der Waals surface area contributed by atoms with E-state index in [1.807, 2.05) is 12.3 Å². The Balaban J connectivity index is 1.57. The average molecular weight is 378 g/mol. The zero-order chi connectivity index (χ0) is 17.8. The Morgan fingerprint density at radius 3 is 3.00 bits per heavy atom. The number of rotatable bonds is 6. The Hall–Kier alpha value is -2.26. The zero-order valence-corrected chi connectivity index (χ0v) is 15.2. The SMILES string of the molecule is Cc1nc(Cc2nnc(S[C@@H](C)C(=O)Nc3cccc(F)c3)o2)cs1. The Morgan fingerprint density at radius 1 is 1.44 bits per heavy atom. The molecule has 0 radical (unpaired) electrons. The molecular weight excluding hydrogens is 363 g/mol. The van der Waals surface area contributed by atoms with Gasteiger partial charge in [-0.3, -0.25) is 4.79 Å². The fraction of sp³-hybridized carbons (Fsp3) is 0.250. The van der Waals surface area contributed by atoms with Crippen LogP contribution in [0.1, 0.15) is 23.5 Å². The Bertz CT molecular complexity index is 880. The third kappa shape index (κ3) is 4.86. The molecule has 1 aromatic carbocycles. The topological polar surface area (TPSA) is 80.9 Å². The summed E-state index contributed by atoms with van der Waals surface area (Å²) in [5, 5.41) is 13.3. The number of aromatic nitrogens is 3. The van der Waals surface area contributed by atoms with E-state index in [2.05, 4.69) is 20.5 Å². The largest absolute Gasteiger partial charge is 0.416 e. The monoisotopic (exact) mass is 378 g/mol. The highest BCUT2D eigenvalue weighted by atomic mass is 32.2. The number of anilines is 1. The van der Waals surface area contributed by atoms with E-state index in [1.165, 1.54) is 18.2 Å². The molecule has 0 aliphatic heterocycles. The molecule has 3 aromatic rings. The van der Waals surface area contributed by atoms with Crippen LogP contribution in [-0.2, 0) is 11.2 Å². The minimum Gasteiger partial charge on any atom is -0.416 e. The van der Waals surface area contributed by atoms with Crippen LogP contribution in [0, 0.1) is 12.7 Å². The first kappa shape index (κ1) is 17.6. The number of nitrogens with zero attached hydrogens (tertiary/aromatic N) is 3. The molecule has 0 bridgehead atoms. The highest BCUT2D eigenvalue weighted by molar-refractivity contribution is 8.00. The molecule has 25 heavy (non-hydrogen) atoms. The van der Waals surface area contributed by atoms with Gasteiger partial charge in [-0.1, -0.05) is 17.8 Å². The maximum Gasteiger partial charge on any atom is 0.277 e. The molecule has 0 aliphatic carbocycles. The molecule has 130 valence electrons. The minimum atomic E-state index is -0.474. The number of carbonyl (C=O) groups is 1. The van der Waals surface area contributed by atoms with Crippen molar-refractivity contribution in [1.82, 2.24) is 15.2 Å². The predicted octanol–water partition coefficient (Wildman–Crippen LogP) is 3.68. The van der Waals surface area contributed by atoms with E-state index >= 15 is 0 Å². The number of thiazole rings is 1. The summed E-state index contributed by atoms with van der Waals surface area (Å²) < 4.78 is 18.7. The molecule has 2 aromatic heterocycles. The Morgan fingerprint density at radius 2 is 2.28 bits per heavy atom. The smallest absolute Gasteiger partial charge is 0.277 e. The second-order valence-electron chi connectivity index (χ2n) is 5.26. The second-order valence-corrected chi connectivity index (χ2v) is 7.61. The van der Waals surface area contributed by atoms with E-state index in [0.29, 0.717) is 23.2 Å². The summed E-state index contributed by atoms with van der Waals surface area (Å²) in [5.41, 5.74) is 1.28. The molecule has 9 heteroatoms. The standard InChI is InChI=1S/C16H15FN4O2S2/c1-9(15(22)19-12-5-3-4-11(17)6-12)25-16-21-20-14(23-16)7-13-8-24-10(2)18-13/h3-6,8-9H,7H2,1-2H3,(H,19,22)/t9-/m0/s1. The molecule has 0 saturated heterocycles. The molecular formula is C16H15FN4O2S2. The first-order valence-electron chi connectivity index (χ1n) is 7.46. The van der Waals surface area contributed by atoms with Gasteiger partial charge in [0.05, 0.1) is 22.4 Å². The molecule has 0 spiro atoms. The van der Waals surface area contributed by atoms with Gasteiger partial charge in [0, 0.05) is 11.1 Å². The van der Waals surface area contributed by atoms with E-state index in [4.69, 9.17) is 4.42 Å². The lowest BCUT2D eigenvalue weighted by Crippen LogP contribution is -2.22. The van der Waals surface area contributed by atoms with Gasteiger partial charge >= 0.3 is 0 Å². The van der Waals surface area contributed by atoms with Gasteiger partial charge in [0.2, 0.25) is 11.8 Å². The summed E-state index contributed by atoms with van der Waals surface area (Å²) in [6.07, 6.45) is 0.460. The summed E-state index contributed by atoms with van der Waals surface area (Å²) in [5.74, 6) is -0.229. The number of thioether (sulfide) groups is 1. The summed E-state index contributed by atoms with van der Waals surface area (Å²) in [6, 6.07) is 5.74. The number of nitrogens with one attached hydrogen (secondary N) is 1. The molecule has 1 N–H and O–H groups in total. The normalized spacial score (nSPS) is 12.1. The lowest BCUT2D eigenvalue weighted by Gasteiger charge is -2.09. The van der Waals surface area contributed by atoms with Crippen molar-refractivity contribution < 1.29 is 13.6 Å². The fourth-order valence-electron chi connectivity index (χ4n) is 2.02. The Labute approximate surface area is 151 Å². The van der Waals surface area contributed by atoms with Gasteiger partial charge in [0.25, 0.3) is 5.22 Å². The maximum atomic E-state index is 13.2. The number of hydrogen-bond donors (Lipinski definition) is 1. The first-order chi connectivity index (χ1) is 12.0. The van der Waals surface area contributed by atoms with Crippen molar-refractivity contribution in [1.29, 1.82) is 0 Å². The van der Waals surface area contributed by atoms with Crippen molar-refractivity contribution in [3.05, 3.63) is 52.1 Å². The molecule has 0 unspecified atom stereocenters. The van der Waals surface area contributed by atoms with Crippen LogP contribution < -0.4 is 5.32 Å². The van der Waals surface area contributed by atoms with Crippen molar-refractivity contribution in [2.75, 3.05) is 5.32 Å². The lowest BCUT2D eigenvalue weighted by atomic mass is 10.3. The highest BCUT2D eigenvalue weighted by Crippen LogP contribution is 2.24. The van der Waals surface area contributed by atoms with Crippen LogP contribution in [0.15, 0.2) is 39.3 Å². The van der Waals surface area contributed by atoms with Gasteiger partial charge in [0.15, 0.2) is 0 Å². The Kier molecular flexibility index (Phi) is 5.44. The van der Waals surface area contributed by atoms with Crippen LogP contribution in [0.3, 0.4) is 0 Å². The third-order valence-electron chi connectivity index (χ3n) is 3.19. The third-order valence-corrected chi connectivity index (χ3v) is 4.94. The van der Waals surface area contributed by atoms with Crippen molar-refractivity contribution in [2.45, 2.75) is 30.7 Å². The number of halogens is 1. The lowest BCUT2D eigenvalue weighted by molar-refractivity contribution is -0.115. The maximum absolute atomic E-state index is 13.2. The number of amides is 1. The quantitative estimate of drug-likeness (QED) is 0.659. The van der Waals surface area contributed by atoms with Gasteiger partial charge in [-0.05, 0) is 32.0 Å². The van der Waals surface area contributed by atoms with E-state index in [-0.39, 0.29) is 5.91 Å². The highest BCUT2D eigenvalue weighted by Gasteiger charge is 2.19. The molecule has 1 atom stereocenters. The summed E-state index contributed by atoms with van der Waals surface area (Å²) in [7, 11) is 0. The van der Waals surface area contributed by atoms with E-state index < -0.39 is 11.1 Å².